The zero-order valence-electron chi connectivity index (χ0n) is 15.7. The molecule has 1 saturated heterocycles. The summed E-state index contributed by atoms with van der Waals surface area (Å²) in [5, 5.41) is 2.59. The van der Waals surface area contributed by atoms with Crippen LogP contribution in [0.1, 0.15) is 20.8 Å². The lowest BCUT2D eigenvalue weighted by Gasteiger charge is -2.34. The highest BCUT2D eigenvalue weighted by Gasteiger charge is 2.31. The van der Waals surface area contributed by atoms with E-state index >= 15 is 0 Å². The van der Waals surface area contributed by atoms with Gasteiger partial charge in [0.25, 0.3) is 5.56 Å². The maximum atomic E-state index is 12.2. The predicted octanol–water partition coefficient (Wildman–Crippen LogP) is 1.06. The van der Waals surface area contributed by atoms with E-state index in [4.69, 9.17) is 16.3 Å². The number of hydrogen-bond acceptors (Lipinski definition) is 5. The van der Waals surface area contributed by atoms with E-state index in [2.05, 4.69) is 5.32 Å². The average Bonchev–Trinajstić information content (AvgIpc) is 2.52. The third-order valence-corrected chi connectivity index (χ3v) is 4.00. The quantitative estimate of drug-likeness (QED) is 0.820. The van der Waals surface area contributed by atoms with Gasteiger partial charge in [0.05, 0.1) is 12.2 Å². The number of amides is 3. The molecule has 1 aliphatic heterocycles. The summed E-state index contributed by atoms with van der Waals surface area (Å²) in [5.74, 6) is -0.774. The Morgan fingerprint density at radius 1 is 1.26 bits per heavy atom. The van der Waals surface area contributed by atoms with E-state index in [1.807, 2.05) is 0 Å². The second kappa shape index (κ2) is 7.99. The predicted molar refractivity (Wildman–Crippen MR) is 99.7 cm³/mol. The number of nitrogens with zero attached hydrogens (tertiary/aromatic N) is 3. The molecule has 1 fully saturated rings. The number of carbonyl (C=O) groups is 3. The number of piperazine rings is 1. The van der Waals surface area contributed by atoms with Crippen molar-refractivity contribution in [3.05, 3.63) is 27.6 Å². The molecule has 1 aromatic rings. The molecule has 27 heavy (non-hydrogen) atoms. The van der Waals surface area contributed by atoms with Crippen LogP contribution in [0.25, 0.3) is 0 Å². The van der Waals surface area contributed by atoms with Crippen molar-refractivity contribution in [3.8, 4) is 0 Å². The summed E-state index contributed by atoms with van der Waals surface area (Å²) in [6.45, 7) is 5.44. The molecule has 148 valence electrons. The van der Waals surface area contributed by atoms with Gasteiger partial charge in [-0.25, -0.2) is 4.79 Å². The van der Waals surface area contributed by atoms with Crippen molar-refractivity contribution in [2.24, 2.45) is 7.05 Å². The van der Waals surface area contributed by atoms with Crippen molar-refractivity contribution in [2.45, 2.75) is 26.4 Å². The Hall–Kier alpha value is -2.55. The van der Waals surface area contributed by atoms with Gasteiger partial charge in [-0.2, -0.15) is 0 Å². The monoisotopic (exact) mass is 398 g/mol. The van der Waals surface area contributed by atoms with Crippen molar-refractivity contribution in [2.75, 3.05) is 31.5 Å². The third kappa shape index (κ3) is 5.72. The zero-order chi connectivity index (χ0) is 20.4. The lowest BCUT2D eigenvalue weighted by molar-refractivity contribution is -0.138. The summed E-state index contributed by atoms with van der Waals surface area (Å²) in [4.78, 5) is 50.7. The zero-order valence-corrected chi connectivity index (χ0v) is 16.5. The number of carbonyl (C=O) groups excluding carboxylic acids is 3. The van der Waals surface area contributed by atoms with E-state index in [9.17, 15) is 19.2 Å². The Morgan fingerprint density at radius 3 is 2.48 bits per heavy atom. The molecule has 0 bridgehead atoms. The van der Waals surface area contributed by atoms with Gasteiger partial charge >= 0.3 is 6.09 Å². The highest BCUT2D eigenvalue weighted by atomic mass is 35.5. The van der Waals surface area contributed by atoms with Gasteiger partial charge < -0.3 is 19.5 Å². The topological polar surface area (TPSA) is 101 Å². The van der Waals surface area contributed by atoms with Crippen LogP contribution in [0.5, 0.6) is 0 Å². The first-order valence-electron chi connectivity index (χ1n) is 8.38. The summed E-state index contributed by atoms with van der Waals surface area (Å²) in [6, 6.07) is 1.35. The molecule has 0 aliphatic carbocycles. The first kappa shape index (κ1) is 20.8. The Kier molecular flexibility index (Phi) is 6.15. The minimum Gasteiger partial charge on any atom is -0.444 e. The molecule has 10 heteroatoms. The molecule has 0 aromatic carbocycles. The van der Waals surface area contributed by atoms with Crippen molar-refractivity contribution >= 4 is 35.2 Å². The molecule has 0 atom stereocenters. The summed E-state index contributed by atoms with van der Waals surface area (Å²) in [6.07, 6.45) is 0.883. The molecule has 0 radical (unpaired) electrons. The molecular weight excluding hydrogens is 376 g/mol. The lowest BCUT2D eigenvalue weighted by atomic mass is 10.2. The standard InChI is InChI=1S/C17H23ClN4O5/c1-17(2,3)27-16(26)22-6-5-21(14(24)10-22)9-13(23)19-11-7-12(18)15(25)20(4)8-11/h7-8H,5-6,9-10H2,1-4H3,(H,19,23). The lowest BCUT2D eigenvalue weighted by Crippen LogP contribution is -2.54. The van der Waals surface area contributed by atoms with E-state index in [1.165, 1.54) is 33.7 Å². The molecule has 1 aliphatic rings. The van der Waals surface area contributed by atoms with Gasteiger partial charge in [-0.1, -0.05) is 11.6 Å². The van der Waals surface area contributed by atoms with Gasteiger partial charge in [0.2, 0.25) is 11.8 Å². The number of nitrogens with one attached hydrogen (secondary N) is 1. The van der Waals surface area contributed by atoms with Gasteiger partial charge in [0.1, 0.15) is 17.2 Å². The fourth-order valence-electron chi connectivity index (χ4n) is 2.47. The average molecular weight is 399 g/mol. The van der Waals surface area contributed by atoms with Gasteiger partial charge in [0.15, 0.2) is 0 Å². The number of aromatic nitrogens is 1. The van der Waals surface area contributed by atoms with E-state index in [-0.39, 0.29) is 42.7 Å². The third-order valence-electron chi connectivity index (χ3n) is 3.73. The van der Waals surface area contributed by atoms with Crippen LogP contribution in [0.15, 0.2) is 17.1 Å². The van der Waals surface area contributed by atoms with Crippen molar-refractivity contribution in [1.82, 2.24) is 14.4 Å². The van der Waals surface area contributed by atoms with E-state index in [0.717, 1.165) is 0 Å². The summed E-state index contributed by atoms with van der Waals surface area (Å²) in [7, 11) is 1.52. The van der Waals surface area contributed by atoms with Crippen LogP contribution in [0, 0.1) is 0 Å². The van der Waals surface area contributed by atoms with Crippen molar-refractivity contribution in [1.29, 1.82) is 0 Å². The Labute approximate surface area is 161 Å². The Bertz CT molecular complexity index is 788. The van der Waals surface area contributed by atoms with Crippen LogP contribution in [0.3, 0.4) is 0 Å². The molecular formula is C17H23ClN4O5. The van der Waals surface area contributed by atoms with E-state index < -0.39 is 17.6 Å². The fraction of sp³-hybridized carbons (Fsp3) is 0.529. The highest BCUT2D eigenvalue weighted by Crippen LogP contribution is 2.13. The number of halogens is 1. The number of hydrogen-bond donors (Lipinski definition) is 1. The van der Waals surface area contributed by atoms with Gasteiger partial charge in [0, 0.05) is 26.3 Å². The molecule has 0 saturated carbocycles. The minimum atomic E-state index is -0.645. The summed E-state index contributed by atoms with van der Waals surface area (Å²) >= 11 is 5.81. The maximum absolute atomic E-state index is 12.2. The van der Waals surface area contributed by atoms with Crippen LogP contribution < -0.4 is 10.9 Å². The van der Waals surface area contributed by atoms with E-state index in [0.29, 0.717) is 5.69 Å². The van der Waals surface area contributed by atoms with E-state index in [1.54, 1.807) is 20.8 Å². The first-order valence-corrected chi connectivity index (χ1v) is 8.76. The molecule has 3 amide bonds. The van der Waals surface area contributed by atoms with Crippen LogP contribution in [0.4, 0.5) is 10.5 Å². The number of ether oxygens (including phenoxy) is 1. The summed E-state index contributed by atoms with van der Waals surface area (Å²) in [5.41, 5.74) is -0.663. The number of rotatable bonds is 3. The smallest absolute Gasteiger partial charge is 0.410 e. The second-order valence-electron chi connectivity index (χ2n) is 7.26. The van der Waals surface area contributed by atoms with Crippen LogP contribution in [0.2, 0.25) is 5.02 Å². The van der Waals surface area contributed by atoms with Gasteiger partial charge in [-0.05, 0) is 26.8 Å². The molecule has 1 N–H and O–H groups in total. The van der Waals surface area contributed by atoms with Gasteiger partial charge in [-0.15, -0.1) is 0 Å². The van der Waals surface area contributed by atoms with Crippen LogP contribution in [-0.4, -0.2) is 64.1 Å². The maximum Gasteiger partial charge on any atom is 0.410 e. The molecule has 0 spiro atoms. The summed E-state index contributed by atoms with van der Waals surface area (Å²) < 4.78 is 6.50. The SMILES string of the molecule is Cn1cc(NC(=O)CN2CCN(C(=O)OC(C)(C)C)CC2=O)cc(Cl)c1=O. The molecule has 2 heterocycles. The van der Waals surface area contributed by atoms with Crippen molar-refractivity contribution in [3.63, 3.8) is 0 Å². The number of pyridine rings is 1. The first-order chi connectivity index (χ1) is 12.5. The number of anilines is 1. The molecule has 9 nitrogen and oxygen atoms in total. The number of aryl methyl sites for hydroxylation is 1. The highest BCUT2D eigenvalue weighted by molar-refractivity contribution is 6.30. The fourth-order valence-corrected chi connectivity index (χ4v) is 2.72. The Morgan fingerprint density at radius 2 is 1.93 bits per heavy atom. The Balaban J connectivity index is 1.92. The van der Waals surface area contributed by atoms with Gasteiger partial charge in [-0.3, -0.25) is 19.3 Å². The van der Waals surface area contributed by atoms with Crippen molar-refractivity contribution < 1.29 is 19.1 Å². The van der Waals surface area contributed by atoms with Crippen LogP contribution >= 0.6 is 11.6 Å². The normalized spacial score (nSPS) is 14.9. The molecule has 1 aromatic heterocycles. The molecule has 2 rings (SSSR count). The largest absolute Gasteiger partial charge is 0.444 e. The van der Waals surface area contributed by atoms with Crippen LogP contribution in [-0.2, 0) is 21.4 Å². The molecule has 0 unspecified atom stereocenters. The minimum absolute atomic E-state index is 0.0163. The second-order valence-corrected chi connectivity index (χ2v) is 7.67.